The molecule has 18 heavy (non-hydrogen) atoms. The summed E-state index contributed by atoms with van der Waals surface area (Å²) in [7, 11) is 0. The van der Waals surface area contributed by atoms with Gasteiger partial charge < -0.3 is 10.5 Å². The lowest BCUT2D eigenvalue weighted by Crippen LogP contribution is -1.95. The minimum atomic E-state index is -0.442. The molecule has 2 rings (SSSR count). The molecule has 0 aliphatic rings. The number of nitriles is 1. The summed E-state index contributed by atoms with van der Waals surface area (Å²) >= 11 is 3.22. The molecule has 6 heteroatoms. The van der Waals surface area contributed by atoms with Crippen LogP contribution in [0.25, 0.3) is 0 Å². The molecule has 0 saturated heterocycles. The second-order valence-corrected chi connectivity index (χ2v) is 4.26. The van der Waals surface area contributed by atoms with E-state index in [1.165, 1.54) is 30.5 Å². The Balaban J connectivity index is 2.40. The van der Waals surface area contributed by atoms with Crippen molar-refractivity contribution < 1.29 is 9.13 Å². The Morgan fingerprint density at radius 1 is 1.39 bits per heavy atom. The van der Waals surface area contributed by atoms with Crippen LogP contribution in [0.5, 0.6) is 11.6 Å². The number of anilines is 1. The number of nitrogen functional groups attached to an aromatic ring is 1. The van der Waals surface area contributed by atoms with E-state index in [0.29, 0.717) is 10.2 Å². The Morgan fingerprint density at radius 3 is 2.89 bits per heavy atom. The maximum absolute atomic E-state index is 13.1. The zero-order valence-electron chi connectivity index (χ0n) is 9.02. The predicted octanol–water partition coefficient (Wildman–Crippen LogP) is 3.23. The molecule has 4 nitrogen and oxygen atoms in total. The number of hydrogen-bond donors (Lipinski definition) is 1. The lowest BCUT2D eigenvalue weighted by Gasteiger charge is -2.08. The van der Waals surface area contributed by atoms with Gasteiger partial charge >= 0.3 is 0 Å². The minimum absolute atomic E-state index is 0.0815. The van der Waals surface area contributed by atoms with Crippen LogP contribution in [0.3, 0.4) is 0 Å². The summed E-state index contributed by atoms with van der Waals surface area (Å²) < 4.78 is 19.0. The Kier molecular flexibility index (Phi) is 3.44. The summed E-state index contributed by atoms with van der Waals surface area (Å²) in [5.41, 5.74) is 6.06. The van der Waals surface area contributed by atoms with Crippen LogP contribution < -0.4 is 10.5 Å². The summed E-state index contributed by atoms with van der Waals surface area (Å²) in [4.78, 5) is 3.90. The highest BCUT2D eigenvalue weighted by molar-refractivity contribution is 9.10. The van der Waals surface area contributed by atoms with Crippen LogP contribution in [-0.2, 0) is 0 Å². The number of nitrogens with two attached hydrogens (primary N) is 1. The third kappa shape index (κ3) is 2.57. The lowest BCUT2D eigenvalue weighted by molar-refractivity contribution is 0.454. The van der Waals surface area contributed by atoms with E-state index in [4.69, 9.17) is 15.7 Å². The van der Waals surface area contributed by atoms with Crippen molar-refractivity contribution in [3.05, 3.63) is 46.3 Å². The second-order valence-electron chi connectivity index (χ2n) is 3.41. The molecule has 0 bridgehead atoms. The predicted molar refractivity (Wildman–Crippen MR) is 67.5 cm³/mol. The van der Waals surface area contributed by atoms with Gasteiger partial charge in [-0.2, -0.15) is 5.26 Å². The smallest absolute Gasteiger partial charge is 0.237 e. The van der Waals surface area contributed by atoms with E-state index in [0.717, 1.165) is 0 Å². The fraction of sp³-hybridized carbons (Fsp3) is 0. The summed E-state index contributed by atoms with van der Waals surface area (Å²) in [6.45, 7) is 0. The number of pyridine rings is 1. The third-order valence-corrected chi connectivity index (χ3v) is 2.75. The van der Waals surface area contributed by atoms with Crippen molar-refractivity contribution in [3.8, 4) is 17.7 Å². The molecule has 1 aromatic carbocycles. The van der Waals surface area contributed by atoms with E-state index in [1.54, 1.807) is 0 Å². The molecule has 0 aliphatic carbocycles. The summed E-state index contributed by atoms with van der Waals surface area (Å²) in [6.07, 6.45) is 1.36. The van der Waals surface area contributed by atoms with Crippen LogP contribution in [0, 0.1) is 17.1 Å². The molecule has 2 N–H and O–H groups in total. The van der Waals surface area contributed by atoms with Gasteiger partial charge in [0.15, 0.2) is 0 Å². The van der Waals surface area contributed by atoms with Crippen molar-refractivity contribution in [2.24, 2.45) is 0 Å². The van der Waals surface area contributed by atoms with Gasteiger partial charge in [-0.05, 0) is 34.1 Å². The first-order valence-corrected chi connectivity index (χ1v) is 5.68. The first-order valence-electron chi connectivity index (χ1n) is 4.88. The molecule has 1 aromatic heterocycles. The molecular formula is C12H7BrFN3O. The summed E-state index contributed by atoms with van der Waals surface area (Å²) in [5, 5.41) is 8.93. The SMILES string of the molecule is N#Cc1cc(N)cnc1Oc1cc(F)ccc1Br. The molecule has 0 amide bonds. The van der Waals surface area contributed by atoms with Crippen molar-refractivity contribution in [1.82, 2.24) is 4.98 Å². The molecule has 0 radical (unpaired) electrons. The minimum Gasteiger partial charge on any atom is -0.436 e. The quantitative estimate of drug-likeness (QED) is 0.924. The van der Waals surface area contributed by atoms with E-state index in [2.05, 4.69) is 20.9 Å². The molecule has 0 fully saturated rings. The summed E-state index contributed by atoms with van der Waals surface area (Å²) in [5.74, 6) is -0.121. The zero-order chi connectivity index (χ0) is 13.1. The topological polar surface area (TPSA) is 71.9 Å². The lowest BCUT2D eigenvalue weighted by atomic mass is 10.2. The van der Waals surface area contributed by atoms with Crippen molar-refractivity contribution in [3.63, 3.8) is 0 Å². The van der Waals surface area contributed by atoms with E-state index < -0.39 is 5.82 Å². The summed E-state index contributed by atoms with van der Waals surface area (Å²) in [6, 6.07) is 7.35. The van der Waals surface area contributed by atoms with Gasteiger partial charge in [-0.15, -0.1) is 0 Å². The Morgan fingerprint density at radius 2 is 2.17 bits per heavy atom. The fourth-order valence-electron chi connectivity index (χ4n) is 1.29. The van der Waals surface area contributed by atoms with Gasteiger partial charge in [0.1, 0.15) is 23.2 Å². The zero-order valence-corrected chi connectivity index (χ0v) is 10.6. The highest BCUT2D eigenvalue weighted by atomic mass is 79.9. The van der Waals surface area contributed by atoms with E-state index in [9.17, 15) is 4.39 Å². The van der Waals surface area contributed by atoms with Gasteiger partial charge in [0.25, 0.3) is 0 Å². The highest BCUT2D eigenvalue weighted by Gasteiger charge is 2.10. The van der Waals surface area contributed by atoms with Crippen LogP contribution in [0.15, 0.2) is 34.9 Å². The Hall–Kier alpha value is -2.13. The van der Waals surface area contributed by atoms with E-state index in [-0.39, 0.29) is 17.2 Å². The second kappa shape index (κ2) is 5.02. The molecule has 0 atom stereocenters. The Bertz CT molecular complexity index is 640. The molecule has 0 aliphatic heterocycles. The standard InChI is InChI=1S/C12H7BrFN3O/c13-10-2-1-8(14)4-11(10)18-12-7(5-15)3-9(16)6-17-12/h1-4,6H,16H2. The van der Waals surface area contributed by atoms with Gasteiger partial charge in [0.05, 0.1) is 16.4 Å². The highest BCUT2D eigenvalue weighted by Crippen LogP contribution is 2.31. The van der Waals surface area contributed by atoms with Gasteiger partial charge in [-0.25, -0.2) is 9.37 Å². The van der Waals surface area contributed by atoms with Crippen molar-refractivity contribution in [1.29, 1.82) is 5.26 Å². The monoisotopic (exact) mass is 307 g/mol. The first kappa shape index (κ1) is 12.3. The average Bonchev–Trinajstić information content (AvgIpc) is 2.36. The molecular weight excluding hydrogens is 301 g/mol. The number of halogens is 2. The maximum atomic E-state index is 13.1. The fourth-order valence-corrected chi connectivity index (χ4v) is 1.62. The Labute approximate surface area is 111 Å². The third-order valence-electron chi connectivity index (χ3n) is 2.09. The van der Waals surface area contributed by atoms with Crippen LogP contribution in [-0.4, -0.2) is 4.98 Å². The van der Waals surface area contributed by atoms with Crippen molar-refractivity contribution in [2.75, 3.05) is 5.73 Å². The van der Waals surface area contributed by atoms with Crippen LogP contribution in [0.2, 0.25) is 0 Å². The number of hydrogen-bond acceptors (Lipinski definition) is 4. The molecule has 0 saturated carbocycles. The number of aromatic nitrogens is 1. The van der Waals surface area contributed by atoms with Gasteiger partial charge in [0, 0.05) is 6.07 Å². The van der Waals surface area contributed by atoms with Crippen molar-refractivity contribution >= 4 is 21.6 Å². The molecule has 2 aromatic rings. The van der Waals surface area contributed by atoms with Crippen molar-refractivity contribution in [2.45, 2.75) is 0 Å². The van der Waals surface area contributed by atoms with Gasteiger partial charge in [-0.1, -0.05) is 0 Å². The normalized spacial score (nSPS) is 9.83. The number of benzene rings is 1. The number of ether oxygens (including phenoxy) is 1. The van der Waals surface area contributed by atoms with E-state index >= 15 is 0 Å². The average molecular weight is 308 g/mol. The van der Waals surface area contributed by atoms with Gasteiger partial charge in [0.2, 0.25) is 5.88 Å². The molecule has 0 unspecified atom stereocenters. The van der Waals surface area contributed by atoms with Crippen LogP contribution in [0.1, 0.15) is 5.56 Å². The van der Waals surface area contributed by atoms with Crippen LogP contribution in [0.4, 0.5) is 10.1 Å². The molecule has 1 heterocycles. The molecule has 0 spiro atoms. The maximum Gasteiger partial charge on any atom is 0.237 e. The molecule has 90 valence electrons. The first-order chi connectivity index (χ1) is 8.60. The number of nitrogens with zero attached hydrogens (tertiary/aromatic N) is 2. The van der Waals surface area contributed by atoms with Crippen LogP contribution >= 0.6 is 15.9 Å². The van der Waals surface area contributed by atoms with Gasteiger partial charge in [-0.3, -0.25) is 0 Å². The largest absolute Gasteiger partial charge is 0.436 e. The number of rotatable bonds is 2. The van der Waals surface area contributed by atoms with E-state index in [1.807, 2.05) is 6.07 Å².